The first-order valence-corrected chi connectivity index (χ1v) is 8.63. The Morgan fingerprint density at radius 3 is 2.76 bits per heavy atom. The van der Waals surface area contributed by atoms with Crippen LogP contribution in [0.2, 0.25) is 0 Å². The van der Waals surface area contributed by atoms with E-state index in [2.05, 4.69) is 4.72 Å². The molecule has 25 heavy (non-hydrogen) atoms. The Balaban J connectivity index is 1.85. The normalized spacial score (nSPS) is 11.2. The monoisotopic (exact) mass is 362 g/mol. The number of methoxy groups -OCH3 is 1. The van der Waals surface area contributed by atoms with Gasteiger partial charge < -0.3 is 13.9 Å². The highest BCUT2D eigenvalue weighted by Gasteiger charge is 2.13. The molecule has 132 valence electrons. The number of nitrogens with one attached hydrogen (secondary N) is 1. The number of rotatable bonds is 6. The summed E-state index contributed by atoms with van der Waals surface area (Å²) in [5.74, 6) is -0.619. The van der Waals surface area contributed by atoms with Crippen LogP contribution in [0.5, 0.6) is 0 Å². The second-order valence-electron chi connectivity index (χ2n) is 5.77. The van der Waals surface area contributed by atoms with Crippen LogP contribution in [0.25, 0.3) is 11.1 Å². The summed E-state index contributed by atoms with van der Waals surface area (Å²) in [6.45, 7) is 4.55. The molecular weight excluding hydrogens is 343 g/mol. The summed E-state index contributed by atoms with van der Waals surface area (Å²) in [4.78, 5) is 12.9. The average Bonchev–Trinajstić information content (AvgIpc) is 2.89. The maximum Gasteiger partial charge on any atom is 0.420 e. The topological polar surface area (TPSA) is 56.4 Å². The SMILES string of the molecule is COCCn1c(=O)oc2cc(SNc3ccc(F)c(C)c3)cc(C)c21. The third-order valence-electron chi connectivity index (χ3n) is 3.89. The molecular formula is C18H19FN2O3S. The van der Waals surface area contributed by atoms with Crippen LogP contribution in [0.15, 0.2) is 44.4 Å². The van der Waals surface area contributed by atoms with Gasteiger partial charge in [0.1, 0.15) is 5.82 Å². The number of ether oxygens (including phenoxy) is 1. The molecule has 7 heteroatoms. The van der Waals surface area contributed by atoms with Gasteiger partial charge in [0.15, 0.2) is 5.58 Å². The maximum absolute atomic E-state index is 13.3. The highest BCUT2D eigenvalue weighted by atomic mass is 32.2. The lowest BCUT2D eigenvalue weighted by Gasteiger charge is -2.08. The van der Waals surface area contributed by atoms with Crippen LogP contribution in [-0.4, -0.2) is 18.3 Å². The quantitative estimate of drug-likeness (QED) is 0.669. The van der Waals surface area contributed by atoms with E-state index in [4.69, 9.17) is 9.15 Å². The van der Waals surface area contributed by atoms with Gasteiger partial charge >= 0.3 is 5.76 Å². The van der Waals surface area contributed by atoms with Gasteiger partial charge in [-0.15, -0.1) is 0 Å². The fourth-order valence-electron chi connectivity index (χ4n) is 2.65. The molecule has 0 bridgehead atoms. The first-order valence-electron chi connectivity index (χ1n) is 7.81. The summed E-state index contributed by atoms with van der Waals surface area (Å²) >= 11 is 1.38. The number of fused-ring (bicyclic) bond motifs is 1. The number of anilines is 1. The second kappa shape index (κ2) is 7.33. The smallest absolute Gasteiger partial charge is 0.408 e. The van der Waals surface area contributed by atoms with Gasteiger partial charge in [0.2, 0.25) is 0 Å². The van der Waals surface area contributed by atoms with Gasteiger partial charge in [0.05, 0.1) is 18.7 Å². The Labute approximate surface area is 148 Å². The van der Waals surface area contributed by atoms with Crippen LogP contribution >= 0.6 is 11.9 Å². The highest BCUT2D eigenvalue weighted by Crippen LogP contribution is 2.28. The van der Waals surface area contributed by atoms with Crippen LogP contribution in [0, 0.1) is 19.7 Å². The minimum absolute atomic E-state index is 0.230. The van der Waals surface area contributed by atoms with Crippen molar-refractivity contribution in [1.82, 2.24) is 4.57 Å². The standard InChI is InChI=1S/C18H19FN2O3S/c1-11-8-13(4-5-15(11)19)20-25-14-9-12(2)17-16(10-14)24-18(22)21(17)6-7-23-3/h4-5,8-10,20H,6-7H2,1-3H3. The third-order valence-corrected chi connectivity index (χ3v) is 4.70. The summed E-state index contributed by atoms with van der Waals surface area (Å²) in [7, 11) is 1.59. The molecule has 0 unspecified atom stereocenters. The zero-order valence-electron chi connectivity index (χ0n) is 14.3. The number of oxazole rings is 1. The van der Waals surface area contributed by atoms with Crippen molar-refractivity contribution in [3.8, 4) is 0 Å². The Kier molecular flexibility index (Phi) is 5.15. The zero-order chi connectivity index (χ0) is 18.0. The van der Waals surface area contributed by atoms with Crippen LogP contribution in [-0.2, 0) is 11.3 Å². The molecule has 0 aliphatic carbocycles. The van der Waals surface area contributed by atoms with Gasteiger partial charge in [0, 0.05) is 17.7 Å². The predicted octanol–water partition coefficient (Wildman–Crippen LogP) is 4.12. The van der Waals surface area contributed by atoms with E-state index >= 15 is 0 Å². The number of aromatic nitrogens is 1. The van der Waals surface area contributed by atoms with Crippen LogP contribution < -0.4 is 10.5 Å². The second-order valence-corrected chi connectivity index (χ2v) is 6.65. The van der Waals surface area contributed by atoms with Gasteiger partial charge in [-0.2, -0.15) is 0 Å². The van der Waals surface area contributed by atoms with Crippen LogP contribution in [0.4, 0.5) is 10.1 Å². The maximum atomic E-state index is 13.3. The average molecular weight is 362 g/mol. The molecule has 0 aliphatic heterocycles. The third kappa shape index (κ3) is 3.72. The molecule has 0 fully saturated rings. The molecule has 0 atom stereocenters. The van der Waals surface area contributed by atoms with E-state index in [1.807, 2.05) is 19.1 Å². The summed E-state index contributed by atoms with van der Waals surface area (Å²) in [6, 6.07) is 8.66. The van der Waals surface area contributed by atoms with Crippen molar-refractivity contribution in [3.05, 3.63) is 57.8 Å². The lowest BCUT2D eigenvalue weighted by molar-refractivity contribution is 0.186. The number of halogens is 1. The van der Waals surface area contributed by atoms with E-state index in [-0.39, 0.29) is 11.6 Å². The lowest BCUT2D eigenvalue weighted by Crippen LogP contribution is -2.17. The number of hydrogen-bond donors (Lipinski definition) is 1. The molecule has 0 saturated carbocycles. The van der Waals surface area contributed by atoms with Crippen molar-refractivity contribution < 1.29 is 13.5 Å². The van der Waals surface area contributed by atoms with E-state index in [1.54, 1.807) is 30.7 Å². The van der Waals surface area contributed by atoms with Gasteiger partial charge in [-0.1, -0.05) is 0 Å². The number of aryl methyl sites for hydroxylation is 2. The fraction of sp³-hybridized carbons (Fsp3) is 0.278. The van der Waals surface area contributed by atoms with E-state index in [0.717, 1.165) is 21.7 Å². The zero-order valence-corrected chi connectivity index (χ0v) is 15.1. The Morgan fingerprint density at radius 2 is 2.04 bits per heavy atom. The van der Waals surface area contributed by atoms with Crippen LogP contribution in [0.3, 0.4) is 0 Å². The molecule has 1 aromatic heterocycles. The molecule has 1 heterocycles. The van der Waals surface area contributed by atoms with Crippen molar-refractivity contribution >= 4 is 28.7 Å². The van der Waals surface area contributed by atoms with Gasteiger partial charge in [-0.25, -0.2) is 9.18 Å². The molecule has 0 amide bonds. The summed E-state index contributed by atoms with van der Waals surface area (Å²) in [5, 5.41) is 0. The highest BCUT2D eigenvalue weighted by molar-refractivity contribution is 8.00. The van der Waals surface area contributed by atoms with Gasteiger partial charge in [0.25, 0.3) is 0 Å². The van der Waals surface area contributed by atoms with Crippen LogP contribution in [0.1, 0.15) is 11.1 Å². The van der Waals surface area contributed by atoms with Crippen molar-refractivity contribution in [3.63, 3.8) is 0 Å². The molecule has 3 rings (SSSR count). The Morgan fingerprint density at radius 1 is 1.24 bits per heavy atom. The first-order chi connectivity index (χ1) is 12.0. The number of hydrogen-bond acceptors (Lipinski definition) is 5. The van der Waals surface area contributed by atoms with Crippen molar-refractivity contribution in [2.75, 3.05) is 18.4 Å². The van der Waals surface area contributed by atoms with E-state index in [1.165, 1.54) is 18.0 Å². The van der Waals surface area contributed by atoms with Crippen molar-refractivity contribution in [2.24, 2.45) is 0 Å². The molecule has 1 N–H and O–H groups in total. The molecule has 0 spiro atoms. The Bertz CT molecular complexity index is 965. The molecule has 0 radical (unpaired) electrons. The van der Waals surface area contributed by atoms with E-state index in [0.29, 0.717) is 24.3 Å². The largest absolute Gasteiger partial charge is 0.420 e. The minimum Gasteiger partial charge on any atom is -0.408 e. The van der Waals surface area contributed by atoms with Gasteiger partial charge in [-0.3, -0.25) is 4.57 Å². The van der Waals surface area contributed by atoms with E-state index in [9.17, 15) is 9.18 Å². The number of benzene rings is 2. The van der Waals surface area contributed by atoms with E-state index < -0.39 is 0 Å². The molecule has 2 aromatic carbocycles. The minimum atomic E-state index is -0.389. The summed E-state index contributed by atoms with van der Waals surface area (Å²) < 4.78 is 28.5. The molecule has 0 saturated heterocycles. The van der Waals surface area contributed by atoms with Crippen molar-refractivity contribution in [1.29, 1.82) is 0 Å². The fourth-order valence-corrected chi connectivity index (χ4v) is 3.41. The Hall–Kier alpha value is -2.25. The predicted molar refractivity (Wildman–Crippen MR) is 97.7 cm³/mol. The first kappa shape index (κ1) is 17.6. The number of nitrogens with zero attached hydrogens (tertiary/aromatic N) is 1. The lowest BCUT2D eigenvalue weighted by atomic mass is 10.2. The summed E-state index contributed by atoms with van der Waals surface area (Å²) in [6.07, 6.45) is 0. The molecule has 3 aromatic rings. The molecule has 5 nitrogen and oxygen atoms in total. The molecule has 0 aliphatic rings. The van der Waals surface area contributed by atoms with Gasteiger partial charge in [-0.05, 0) is 67.3 Å². The van der Waals surface area contributed by atoms with Crippen molar-refractivity contribution in [2.45, 2.75) is 25.3 Å². The summed E-state index contributed by atoms with van der Waals surface area (Å²) in [5.41, 5.74) is 3.66.